The Morgan fingerprint density at radius 1 is 1.28 bits per heavy atom. The van der Waals surface area contributed by atoms with Crippen LogP contribution in [0, 0.1) is 6.92 Å². The first-order valence-electron chi connectivity index (χ1n) is 5.83. The van der Waals surface area contributed by atoms with Crippen molar-refractivity contribution in [2.45, 2.75) is 13.8 Å². The van der Waals surface area contributed by atoms with Crippen LogP contribution in [0.5, 0.6) is 5.75 Å². The molecule has 2 nitrogen and oxygen atoms in total. The molecule has 2 aromatic rings. The van der Waals surface area contributed by atoms with Crippen LogP contribution in [-0.4, -0.2) is 19.9 Å². The summed E-state index contributed by atoms with van der Waals surface area (Å²) in [5, 5.41) is 2.11. The minimum atomic E-state index is 0.898. The zero-order valence-electron chi connectivity index (χ0n) is 11.2. The van der Waals surface area contributed by atoms with Crippen molar-refractivity contribution < 1.29 is 4.74 Å². The third kappa shape index (κ3) is 2.31. The second-order valence-corrected chi connectivity index (χ2v) is 5.07. The Morgan fingerprint density at radius 2 is 2.06 bits per heavy atom. The Morgan fingerprint density at radius 3 is 2.67 bits per heavy atom. The van der Waals surface area contributed by atoms with Crippen LogP contribution < -0.4 is 4.74 Å². The Kier molecular flexibility index (Phi) is 3.82. The van der Waals surface area contributed by atoms with E-state index in [0.29, 0.717) is 0 Å². The van der Waals surface area contributed by atoms with Crippen LogP contribution in [0.15, 0.2) is 34.6 Å². The predicted molar refractivity (Wildman–Crippen MR) is 79.2 cm³/mol. The van der Waals surface area contributed by atoms with E-state index in [1.807, 2.05) is 20.0 Å². The highest BCUT2D eigenvalue weighted by molar-refractivity contribution is 7.14. The molecule has 3 heteroatoms. The van der Waals surface area contributed by atoms with Crippen LogP contribution in [0.2, 0.25) is 0 Å². The first kappa shape index (κ1) is 12.8. The summed E-state index contributed by atoms with van der Waals surface area (Å²) in [6, 6.07) is 8.32. The number of ether oxygens (including phenoxy) is 1. The number of hydrogen-bond donors (Lipinski definition) is 0. The highest BCUT2D eigenvalue weighted by Crippen LogP contribution is 2.34. The lowest BCUT2D eigenvalue weighted by Gasteiger charge is -2.09. The average molecular weight is 259 g/mol. The molecule has 2 rings (SSSR count). The summed E-state index contributed by atoms with van der Waals surface area (Å²) < 4.78 is 5.25. The molecular weight excluding hydrogens is 242 g/mol. The van der Waals surface area contributed by atoms with Gasteiger partial charge in [0.1, 0.15) is 5.75 Å². The van der Waals surface area contributed by atoms with Gasteiger partial charge in [-0.3, -0.25) is 4.99 Å². The zero-order chi connectivity index (χ0) is 13.1. The number of aliphatic imine (C=N–C) groups is 1. The molecule has 0 saturated carbocycles. The maximum Gasteiger partial charge on any atom is 0.119 e. The average Bonchev–Trinajstić information content (AvgIpc) is 2.86. The van der Waals surface area contributed by atoms with Gasteiger partial charge in [-0.1, -0.05) is 0 Å². The molecule has 0 unspecified atom stereocenters. The third-order valence-electron chi connectivity index (χ3n) is 3.07. The number of thiophene rings is 1. The van der Waals surface area contributed by atoms with Gasteiger partial charge >= 0.3 is 0 Å². The summed E-state index contributed by atoms with van der Waals surface area (Å²) in [4.78, 5) is 5.56. The highest BCUT2D eigenvalue weighted by Gasteiger charge is 2.11. The largest absolute Gasteiger partial charge is 0.497 e. The second-order valence-electron chi connectivity index (χ2n) is 4.15. The molecule has 94 valence electrons. The van der Waals surface area contributed by atoms with E-state index in [1.54, 1.807) is 18.4 Å². The zero-order valence-corrected chi connectivity index (χ0v) is 12.0. The molecule has 0 bridgehead atoms. The van der Waals surface area contributed by atoms with Gasteiger partial charge in [0.15, 0.2) is 0 Å². The highest BCUT2D eigenvalue weighted by atomic mass is 32.1. The lowest BCUT2D eigenvalue weighted by molar-refractivity contribution is 0.414. The molecule has 1 aromatic heterocycles. The number of hydrogen-bond acceptors (Lipinski definition) is 3. The lowest BCUT2D eigenvalue weighted by Crippen LogP contribution is -1.95. The van der Waals surface area contributed by atoms with Crippen molar-refractivity contribution >= 4 is 17.0 Å². The van der Waals surface area contributed by atoms with Crippen molar-refractivity contribution in [2.75, 3.05) is 14.2 Å². The van der Waals surface area contributed by atoms with E-state index < -0.39 is 0 Å². The van der Waals surface area contributed by atoms with E-state index >= 15 is 0 Å². The van der Waals surface area contributed by atoms with E-state index in [0.717, 1.165) is 11.5 Å². The molecular formula is C15H17NOS. The molecule has 0 spiro atoms. The number of aryl methyl sites for hydroxylation is 1. The molecule has 0 atom stereocenters. The van der Waals surface area contributed by atoms with Gasteiger partial charge in [0.2, 0.25) is 0 Å². The van der Waals surface area contributed by atoms with Gasteiger partial charge in [-0.25, -0.2) is 0 Å². The fraction of sp³-hybridized carbons (Fsp3) is 0.267. The molecule has 0 aliphatic carbocycles. The van der Waals surface area contributed by atoms with Gasteiger partial charge in [-0.05, 0) is 54.6 Å². The van der Waals surface area contributed by atoms with Crippen LogP contribution in [0.25, 0.3) is 10.4 Å². The van der Waals surface area contributed by atoms with Crippen LogP contribution in [0.4, 0.5) is 0 Å². The number of rotatable bonds is 3. The third-order valence-corrected chi connectivity index (χ3v) is 4.02. The maximum atomic E-state index is 5.25. The molecule has 0 aliphatic rings. The topological polar surface area (TPSA) is 21.6 Å². The molecule has 0 radical (unpaired) electrons. The normalized spacial score (nSPS) is 11.7. The minimum Gasteiger partial charge on any atom is -0.497 e. The first-order chi connectivity index (χ1) is 8.67. The fourth-order valence-corrected chi connectivity index (χ4v) is 2.98. The molecule has 0 saturated heterocycles. The van der Waals surface area contributed by atoms with Gasteiger partial charge in [0.25, 0.3) is 0 Å². The molecule has 0 amide bonds. The number of nitrogens with zero attached hydrogens (tertiary/aromatic N) is 1. The molecule has 1 heterocycles. The van der Waals surface area contributed by atoms with Gasteiger partial charge in [-0.15, -0.1) is 11.3 Å². The first-order valence-corrected chi connectivity index (χ1v) is 6.71. The van der Waals surface area contributed by atoms with E-state index in [-0.39, 0.29) is 0 Å². The van der Waals surface area contributed by atoms with Crippen molar-refractivity contribution in [3.63, 3.8) is 0 Å². The monoisotopic (exact) mass is 259 g/mol. The van der Waals surface area contributed by atoms with Gasteiger partial charge in [0.05, 0.1) is 7.11 Å². The van der Waals surface area contributed by atoms with Crippen molar-refractivity contribution in [3.05, 3.63) is 40.8 Å². The SMILES string of the molecule is CN=C(C)c1ccsc1-c1ccc(OC)cc1C. The lowest BCUT2D eigenvalue weighted by atomic mass is 10.0. The second kappa shape index (κ2) is 5.36. The predicted octanol–water partition coefficient (Wildman–Crippen LogP) is 4.17. The number of benzene rings is 1. The summed E-state index contributed by atoms with van der Waals surface area (Å²) in [5.41, 5.74) is 4.77. The summed E-state index contributed by atoms with van der Waals surface area (Å²) >= 11 is 1.75. The molecule has 0 aliphatic heterocycles. The van der Waals surface area contributed by atoms with Gasteiger partial charge in [0, 0.05) is 23.2 Å². The van der Waals surface area contributed by atoms with E-state index in [2.05, 4.69) is 35.5 Å². The molecule has 1 aromatic carbocycles. The summed E-state index contributed by atoms with van der Waals surface area (Å²) in [5.74, 6) is 0.898. The van der Waals surface area contributed by atoms with E-state index in [1.165, 1.54) is 21.6 Å². The van der Waals surface area contributed by atoms with Crippen molar-refractivity contribution in [2.24, 2.45) is 4.99 Å². The molecule has 0 N–H and O–H groups in total. The van der Waals surface area contributed by atoms with Gasteiger partial charge in [-0.2, -0.15) is 0 Å². The Labute approximate surface area is 112 Å². The van der Waals surface area contributed by atoms with Crippen molar-refractivity contribution in [3.8, 4) is 16.2 Å². The fourth-order valence-electron chi connectivity index (χ4n) is 1.94. The molecule has 18 heavy (non-hydrogen) atoms. The van der Waals surface area contributed by atoms with E-state index in [4.69, 9.17) is 4.74 Å². The standard InChI is InChI=1S/C15H17NOS/c1-10-9-12(17-4)5-6-13(10)15-14(7-8-18-15)11(2)16-3/h5-9H,1-4H3. The Hall–Kier alpha value is -1.61. The van der Waals surface area contributed by atoms with Crippen LogP contribution in [-0.2, 0) is 0 Å². The van der Waals surface area contributed by atoms with Crippen LogP contribution in [0.1, 0.15) is 18.1 Å². The Balaban J connectivity index is 2.53. The van der Waals surface area contributed by atoms with E-state index in [9.17, 15) is 0 Å². The quantitative estimate of drug-likeness (QED) is 0.758. The Bertz CT molecular complexity index is 584. The van der Waals surface area contributed by atoms with Crippen LogP contribution in [0.3, 0.4) is 0 Å². The summed E-state index contributed by atoms with van der Waals surface area (Å²) in [6.45, 7) is 4.16. The van der Waals surface area contributed by atoms with Gasteiger partial charge < -0.3 is 4.74 Å². The minimum absolute atomic E-state index is 0.898. The van der Waals surface area contributed by atoms with Crippen LogP contribution >= 0.6 is 11.3 Å². The molecule has 0 fully saturated rings. The van der Waals surface area contributed by atoms with Crippen molar-refractivity contribution in [1.29, 1.82) is 0 Å². The van der Waals surface area contributed by atoms with Crippen molar-refractivity contribution in [1.82, 2.24) is 0 Å². The summed E-state index contributed by atoms with van der Waals surface area (Å²) in [7, 11) is 3.52. The summed E-state index contributed by atoms with van der Waals surface area (Å²) in [6.07, 6.45) is 0. The maximum absolute atomic E-state index is 5.25. The number of methoxy groups -OCH3 is 1. The smallest absolute Gasteiger partial charge is 0.119 e.